The van der Waals surface area contributed by atoms with Gasteiger partial charge in [-0.05, 0) is 32.4 Å². The Balaban J connectivity index is 2.08. The summed E-state index contributed by atoms with van der Waals surface area (Å²) < 4.78 is 26.2. The van der Waals surface area contributed by atoms with Crippen LogP contribution in [-0.2, 0) is 22.7 Å². The van der Waals surface area contributed by atoms with E-state index in [0.717, 1.165) is 0 Å². The summed E-state index contributed by atoms with van der Waals surface area (Å²) in [4.78, 5) is 25.8. The Morgan fingerprint density at radius 3 is 2.60 bits per heavy atom. The van der Waals surface area contributed by atoms with Crippen LogP contribution in [0.4, 0.5) is 9.18 Å². The molecule has 1 aliphatic heterocycles. The fourth-order valence-electron chi connectivity index (χ4n) is 2.94. The molecular weight excluding hydrogens is 351 g/mol. The predicted octanol–water partition coefficient (Wildman–Crippen LogP) is 3.93. The van der Waals surface area contributed by atoms with Crippen molar-refractivity contribution in [3.63, 3.8) is 0 Å². The SMILES string of the molecule is COC(=O)c1c(Cl)cc2c3c1c(F)cn3CN(C(=O)OC(C)(C)C)C2. The summed E-state index contributed by atoms with van der Waals surface area (Å²) in [6.45, 7) is 5.64. The third kappa shape index (κ3) is 3.04. The Hall–Kier alpha value is -2.28. The van der Waals surface area contributed by atoms with Crippen LogP contribution in [0.3, 0.4) is 0 Å². The molecule has 0 bridgehead atoms. The summed E-state index contributed by atoms with van der Waals surface area (Å²) in [5.41, 5.74) is 0.515. The van der Waals surface area contributed by atoms with Gasteiger partial charge >= 0.3 is 12.1 Å². The van der Waals surface area contributed by atoms with Crippen molar-refractivity contribution in [3.05, 3.63) is 34.2 Å². The average molecular weight is 369 g/mol. The summed E-state index contributed by atoms with van der Waals surface area (Å²) in [7, 11) is 1.21. The van der Waals surface area contributed by atoms with Gasteiger partial charge < -0.3 is 14.0 Å². The third-order valence-electron chi connectivity index (χ3n) is 3.85. The van der Waals surface area contributed by atoms with E-state index in [1.54, 1.807) is 31.4 Å². The smallest absolute Gasteiger partial charge is 0.412 e. The molecule has 0 spiro atoms. The zero-order chi connectivity index (χ0) is 18.5. The van der Waals surface area contributed by atoms with Crippen LogP contribution < -0.4 is 0 Å². The summed E-state index contributed by atoms with van der Waals surface area (Å²) in [5, 5.41) is 0.190. The highest BCUT2D eigenvalue weighted by atomic mass is 35.5. The molecule has 1 aromatic carbocycles. The number of rotatable bonds is 1. The normalized spacial score (nSPS) is 13.9. The van der Waals surface area contributed by atoms with Crippen LogP contribution in [0, 0.1) is 5.82 Å². The largest absolute Gasteiger partial charge is 0.465 e. The zero-order valence-electron chi connectivity index (χ0n) is 14.4. The minimum atomic E-state index is -0.706. The predicted molar refractivity (Wildman–Crippen MR) is 90.0 cm³/mol. The Bertz CT molecular complexity index is 885. The van der Waals surface area contributed by atoms with Crippen molar-refractivity contribution in [1.29, 1.82) is 0 Å². The molecule has 8 heteroatoms. The number of nitrogens with zero attached hydrogens (tertiary/aromatic N) is 2. The van der Waals surface area contributed by atoms with Gasteiger partial charge in [0.15, 0.2) is 0 Å². The maximum Gasteiger partial charge on any atom is 0.412 e. The Morgan fingerprint density at radius 2 is 2.00 bits per heavy atom. The van der Waals surface area contributed by atoms with Crippen LogP contribution in [0.1, 0.15) is 36.7 Å². The number of benzene rings is 1. The van der Waals surface area contributed by atoms with Crippen molar-refractivity contribution in [1.82, 2.24) is 9.47 Å². The average Bonchev–Trinajstić information content (AvgIpc) is 2.82. The van der Waals surface area contributed by atoms with Crippen LogP contribution in [0.15, 0.2) is 12.3 Å². The zero-order valence-corrected chi connectivity index (χ0v) is 15.1. The van der Waals surface area contributed by atoms with Crippen LogP contribution >= 0.6 is 11.6 Å². The molecule has 0 atom stereocenters. The molecule has 134 valence electrons. The number of aromatic nitrogens is 1. The van der Waals surface area contributed by atoms with Crippen LogP contribution in [0.25, 0.3) is 10.9 Å². The molecule has 1 aromatic heterocycles. The van der Waals surface area contributed by atoms with E-state index in [2.05, 4.69) is 0 Å². The molecule has 0 N–H and O–H groups in total. The first kappa shape index (κ1) is 17.5. The summed E-state index contributed by atoms with van der Waals surface area (Å²) in [6.07, 6.45) is 0.738. The van der Waals surface area contributed by atoms with E-state index < -0.39 is 23.5 Å². The molecular formula is C17H18ClFN2O4. The van der Waals surface area contributed by atoms with Crippen LogP contribution in [0.2, 0.25) is 5.02 Å². The first-order valence-electron chi connectivity index (χ1n) is 7.68. The number of amides is 1. The van der Waals surface area contributed by atoms with Crippen molar-refractivity contribution in [2.75, 3.05) is 7.11 Å². The number of hydrogen-bond donors (Lipinski definition) is 0. The molecule has 0 saturated carbocycles. The number of halogens is 2. The van der Waals surface area contributed by atoms with Gasteiger partial charge in [0, 0.05) is 6.20 Å². The Morgan fingerprint density at radius 1 is 1.32 bits per heavy atom. The van der Waals surface area contributed by atoms with Crippen molar-refractivity contribution < 1.29 is 23.5 Å². The lowest BCUT2D eigenvalue weighted by molar-refractivity contribution is 0.0160. The highest BCUT2D eigenvalue weighted by Crippen LogP contribution is 2.36. The molecule has 0 aliphatic carbocycles. The van der Waals surface area contributed by atoms with Crippen molar-refractivity contribution in [3.8, 4) is 0 Å². The van der Waals surface area contributed by atoms with Gasteiger partial charge in [0.25, 0.3) is 0 Å². The second-order valence-electron chi connectivity index (χ2n) is 6.87. The highest BCUT2D eigenvalue weighted by Gasteiger charge is 2.31. The minimum absolute atomic E-state index is 0.00937. The van der Waals surface area contributed by atoms with E-state index in [0.29, 0.717) is 11.1 Å². The minimum Gasteiger partial charge on any atom is -0.465 e. The molecule has 3 rings (SSSR count). The van der Waals surface area contributed by atoms with E-state index in [4.69, 9.17) is 21.1 Å². The van der Waals surface area contributed by atoms with Gasteiger partial charge in [-0.1, -0.05) is 11.6 Å². The molecule has 0 unspecified atom stereocenters. The van der Waals surface area contributed by atoms with Gasteiger partial charge in [-0.25, -0.2) is 14.0 Å². The maximum atomic E-state index is 14.5. The van der Waals surface area contributed by atoms with Crippen LogP contribution in [-0.4, -0.2) is 34.2 Å². The molecule has 1 amide bonds. The molecule has 25 heavy (non-hydrogen) atoms. The van der Waals surface area contributed by atoms with E-state index in [1.165, 1.54) is 18.2 Å². The summed E-state index contributed by atoms with van der Waals surface area (Å²) >= 11 is 6.19. The molecule has 1 aliphatic rings. The van der Waals surface area contributed by atoms with Crippen molar-refractivity contribution in [2.24, 2.45) is 0 Å². The lowest BCUT2D eigenvalue weighted by Gasteiger charge is -2.31. The lowest BCUT2D eigenvalue weighted by atomic mass is 10.0. The van der Waals surface area contributed by atoms with E-state index in [9.17, 15) is 14.0 Å². The second kappa shape index (κ2) is 5.91. The number of esters is 1. The first-order valence-corrected chi connectivity index (χ1v) is 8.06. The number of ether oxygens (including phenoxy) is 2. The van der Waals surface area contributed by atoms with Gasteiger partial charge in [-0.3, -0.25) is 4.90 Å². The van der Waals surface area contributed by atoms with Gasteiger partial charge in [0.2, 0.25) is 0 Å². The third-order valence-corrected chi connectivity index (χ3v) is 4.15. The topological polar surface area (TPSA) is 60.8 Å². The highest BCUT2D eigenvalue weighted by molar-refractivity contribution is 6.35. The quantitative estimate of drug-likeness (QED) is 0.715. The van der Waals surface area contributed by atoms with Gasteiger partial charge in [-0.15, -0.1) is 0 Å². The van der Waals surface area contributed by atoms with Crippen molar-refractivity contribution >= 4 is 34.6 Å². The summed E-state index contributed by atoms with van der Waals surface area (Å²) in [6, 6.07) is 1.56. The second-order valence-corrected chi connectivity index (χ2v) is 7.28. The molecule has 6 nitrogen and oxygen atoms in total. The molecule has 2 aromatic rings. The number of carbonyl (C=O) groups excluding carboxylic acids is 2. The first-order chi connectivity index (χ1) is 11.6. The maximum absolute atomic E-state index is 14.5. The fraction of sp³-hybridized carbons (Fsp3) is 0.412. The lowest BCUT2D eigenvalue weighted by Crippen LogP contribution is -2.39. The van der Waals surface area contributed by atoms with E-state index >= 15 is 0 Å². The van der Waals surface area contributed by atoms with E-state index in [-0.39, 0.29) is 29.2 Å². The van der Waals surface area contributed by atoms with Gasteiger partial charge in [0.1, 0.15) is 18.1 Å². The number of carbonyl (C=O) groups is 2. The number of methoxy groups -OCH3 is 1. The summed E-state index contributed by atoms with van der Waals surface area (Å²) in [5.74, 6) is -1.30. The van der Waals surface area contributed by atoms with Gasteiger partial charge in [-0.2, -0.15) is 0 Å². The molecule has 0 fully saturated rings. The standard InChI is InChI=1S/C17H18ClFN2O4/c1-17(2,3)25-16(23)21-6-9-5-10(18)12(15(22)24-4)13-11(19)7-20(8-21)14(9)13/h5,7H,6,8H2,1-4H3. The monoisotopic (exact) mass is 368 g/mol. The van der Waals surface area contributed by atoms with Gasteiger partial charge in [0.05, 0.1) is 35.1 Å². The van der Waals surface area contributed by atoms with Crippen molar-refractivity contribution in [2.45, 2.75) is 39.6 Å². The Kier molecular flexibility index (Phi) is 4.15. The molecule has 0 radical (unpaired) electrons. The van der Waals surface area contributed by atoms with Crippen LogP contribution in [0.5, 0.6) is 0 Å². The van der Waals surface area contributed by atoms with E-state index in [1.807, 2.05) is 0 Å². The molecule has 0 saturated heterocycles. The Labute approximate surface area is 149 Å². The fourth-order valence-corrected chi connectivity index (χ4v) is 3.24. The molecule has 2 heterocycles. The number of hydrogen-bond acceptors (Lipinski definition) is 4.